The first-order valence-corrected chi connectivity index (χ1v) is 13.5. The molecule has 0 unspecified atom stereocenters. The highest BCUT2D eigenvalue weighted by molar-refractivity contribution is 7.19. The van der Waals surface area contributed by atoms with Gasteiger partial charge in [0.05, 0.1) is 38.7 Å². The van der Waals surface area contributed by atoms with Crippen molar-refractivity contribution in [2.45, 2.75) is 6.92 Å². The molecule has 4 rings (SSSR count). The van der Waals surface area contributed by atoms with E-state index < -0.39 is 11.8 Å². The summed E-state index contributed by atoms with van der Waals surface area (Å²) >= 11 is 1.10. The molecule has 0 saturated carbocycles. The van der Waals surface area contributed by atoms with Crippen molar-refractivity contribution in [1.29, 1.82) is 0 Å². The van der Waals surface area contributed by atoms with Crippen LogP contribution in [0.3, 0.4) is 0 Å². The Bertz CT molecular complexity index is 1390. The van der Waals surface area contributed by atoms with E-state index in [1.54, 1.807) is 42.5 Å². The predicted molar refractivity (Wildman–Crippen MR) is 156 cm³/mol. The fourth-order valence-electron chi connectivity index (χ4n) is 4.23. The number of benzene rings is 2. The van der Waals surface area contributed by atoms with E-state index in [4.69, 9.17) is 19.9 Å². The Balaban J connectivity index is 1.59. The van der Waals surface area contributed by atoms with Crippen LogP contribution in [-0.2, 0) is 4.74 Å². The van der Waals surface area contributed by atoms with Crippen molar-refractivity contribution in [3.8, 4) is 11.5 Å². The SMILES string of the molecule is COc1ccc(NC(=O)c2c(NCCN3CCOCC3)sc(C(=O)Nc3cccc(C(C)=O)c3)c2N)cc1OC. The summed E-state index contributed by atoms with van der Waals surface area (Å²) in [6.07, 6.45) is 0. The largest absolute Gasteiger partial charge is 0.493 e. The second-order valence-electron chi connectivity index (χ2n) is 9.04. The molecule has 2 aromatic carbocycles. The maximum absolute atomic E-state index is 13.5. The molecule has 5 N–H and O–H groups in total. The number of nitrogens with two attached hydrogens (primary N) is 1. The molecule has 0 atom stereocenters. The number of hydrogen-bond donors (Lipinski definition) is 4. The fraction of sp³-hybridized carbons (Fsp3) is 0.321. The third kappa shape index (κ3) is 6.89. The fourth-order valence-corrected chi connectivity index (χ4v) is 5.26. The van der Waals surface area contributed by atoms with Crippen molar-refractivity contribution in [1.82, 2.24) is 4.90 Å². The van der Waals surface area contributed by atoms with E-state index in [0.29, 0.717) is 53.2 Å². The van der Waals surface area contributed by atoms with Crippen molar-refractivity contribution < 1.29 is 28.6 Å². The van der Waals surface area contributed by atoms with Gasteiger partial charge in [-0.15, -0.1) is 11.3 Å². The number of carbonyl (C=O) groups excluding carboxylic acids is 3. The van der Waals surface area contributed by atoms with Crippen molar-refractivity contribution in [3.63, 3.8) is 0 Å². The minimum Gasteiger partial charge on any atom is -0.493 e. The average molecular weight is 568 g/mol. The van der Waals surface area contributed by atoms with Crippen LogP contribution in [0, 0.1) is 0 Å². The zero-order valence-corrected chi connectivity index (χ0v) is 23.5. The molecule has 0 bridgehead atoms. The first-order valence-electron chi connectivity index (χ1n) is 12.7. The monoisotopic (exact) mass is 567 g/mol. The van der Waals surface area contributed by atoms with Crippen LogP contribution in [-0.4, -0.2) is 76.1 Å². The number of ether oxygens (including phenoxy) is 3. The topological polar surface area (TPSA) is 144 Å². The molecule has 2 heterocycles. The third-order valence-electron chi connectivity index (χ3n) is 6.36. The van der Waals surface area contributed by atoms with Gasteiger partial charge in [0.15, 0.2) is 17.3 Å². The lowest BCUT2D eigenvalue weighted by Crippen LogP contribution is -2.39. The van der Waals surface area contributed by atoms with E-state index >= 15 is 0 Å². The second kappa shape index (κ2) is 13.3. The van der Waals surface area contributed by atoms with Gasteiger partial charge in [-0.25, -0.2) is 0 Å². The van der Waals surface area contributed by atoms with E-state index in [9.17, 15) is 14.4 Å². The molecule has 0 aliphatic carbocycles. The van der Waals surface area contributed by atoms with E-state index in [1.165, 1.54) is 21.1 Å². The second-order valence-corrected chi connectivity index (χ2v) is 10.1. The normalized spacial score (nSPS) is 13.4. The number of amides is 2. The minimum atomic E-state index is -0.482. The van der Waals surface area contributed by atoms with Crippen LogP contribution >= 0.6 is 11.3 Å². The lowest BCUT2D eigenvalue weighted by molar-refractivity contribution is 0.0398. The highest BCUT2D eigenvalue weighted by Crippen LogP contribution is 2.37. The quantitative estimate of drug-likeness (QED) is 0.254. The highest BCUT2D eigenvalue weighted by atomic mass is 32.1. The number of thiophene rings is 1. The molecule has 212 valence electrons. The van der Waals surface area contributed by atoms with Gasteiger partial charge in [0.2, 0.25) is 0 Å². The van der Waals surface area contributed by atoms with Crippen LogP contribution < -0.4 is 31.2 Å². The molecule has 1 aliphatic heterocycles. The van der Waals surface area contributed by atoms with Crippen LogP contribution in [0.25, 0.3) is 0 Å². The molecular formula is C28H33N5O6S. The summed E-state index contributed by atoms with van der Waals surface area (Å²) in [7, 11) is 3.04. The van der Waals surface area contributed by atoms with Crippen LogP contribution in [0.4, 0.5) is 22.1 Å². The van der Waals surface area contributed by atoms with Gasteiger partial charge in [0.1, 0.15) is 9.88 Å². The number of nitrogens with zero attached hydrogens (tertiary/aromatic N) is 1. The van der Waals surface area contributed by atoms with Crippen molar-refractivity contribution in [2.75, 3.05) is 75.3 Å². The Morgan fingerprint density at radius 1 is 0.975 bits per heavy atom. The van der Waals surface area contributed by atoms with E-state index in [1.807, 2.05) is 0 Å². The van der Waals surface area contributed by atoms with Crippen LogP contribution in [0.15, 0.2) is 42.5 Å². The molecule has 1 aromatic heterocycles. The summed E-state index contributed by atoms with van der Waals surface area (Å²) in [6, 6.07) is 11.6. The van der Waals surface area contributed by atoms with Crippen LogP contribution in [0.2, 0.25) is 0 Å². The Kier molecular flexibility index (Phi) is 9.59. The Morgan fingerprint density at radius 2 is 1.68 bits per heavy atom. The van der Waals surface area contributed by atoms with Crippen molar-refractivity contribution >= 4 is 51.0 Å². The van der Waals surface area contributed by atoms with Gasteiger partial charge in [-0.2, -0.15) is 0 Å². The number of hydrogen-bond acceptors (Lipinski definition) is 10. The lowest BCUT2D eigenvalue weighted by Gasteiger charge is -2.26. The number of Topliss-reactive ketones (excluding diaryl/α,β-unsaturated/α-hetero) is 1. The first-order chi connectivity index (χ1) is 19.3. The number of nitrogens with one attached hydrogen (secondary N) is 3. The molecule has 0 radical (unpaired) electrons. The Labute approximate surface area is 236 Å². The zero-order chi connectivity index (χ0) is 28.6. The molecule has 2 amide bonds. The number of nitrogen functional groups attached to an aromatic ring is 1. The van der Waals surface area contributed by atoms with Gasteiger partial charge in [-0.1, -0.05) is 12.1 Å². The number of carbonyl (C=O) groups is 3. The van der Waals surface area contributed by atoms with Crippen molar-refractivity contribution in [3.05, 3.63) is 58.5 Å². The van der Waals surface area contributed by atoms with Crippen molar-refractivity contribution in [2.24, 2.45) is 0 Å². The average Bonchev–Trinajstić information content (AvgIpc) is 3.29. The number of ketones is 1. The molecule has 1 fully saturated rings. The van der Waals surface area contributed by atoms with Gasteiger partial charge < -0.3 is 35.9 Å². The summed E-state index contributed by atoms with van der Waals surface area (Å²) in [4.78, 5) is 41.0. The maximum Gasteiger partial charge on any atom is 0.267 e. The molecular weight excluding hydrogens is 534 g/mol. The predicted octanol–water partition coefficient (Wildman–Crippen LogP) is 3.80. The summed E-state index contributed by atoms with van der Waals surface area (Å²) < 4.78 is 16.0. The summed E-state index contributed by atoms with van der Waals surface area (Å²) in [6.45, 7) is 5.74. The van der Waals surface area contributed by atoms with Gasteiger partial charge in [0, 0.05) is 49.2 Å². The molecule has 1 aliphatic rings. The van der Waals surface area contributed by atoms with E-state index in [0.717, 1.165) is 31.0 Å². The number of morpholine rings is 1. The smallest absolute Gasteiger partial charge is 0.267 e. The Morgan fingerprint density at radius 3 is 2.38 bits per heavy atom. The molecule has 40 heavy (non-hydrogen) atoms. The van der Waals surface area contributed by atoms with Gasteiger partial charge in [0.25, 0.3) is 11.8 Å². The molecule has 11 nitrogen and oxygen atoms in total. The third-order valence-corrected chi connectivity index (χ3v) is 7.53. The number of anilines is 4. The zero-order valence-electron chi connectivity index (χ0n) is 22.7. The van der Waals surface area contributed by atoms with E-state index in [2.05, 4.69) is 20.9 Å². The summed E-state index contributed by atoms with van der Waals surface area (Å²) in [5.74, 6) is -0.103. The first kappa shape index (κ1) is 28.9. The summed E-state index contributed by atoms with van der Waals surface area (Å²) in [5, 5.41) is 9.41. The van der Waals surface area contributed by atoms with Gasteiger partial charge >= 0.3 is 0 Å². The Hall–Kier alpha value is -4.13. The van der Waals surface area contributed by atoms with Gasteiger partial charge in [-0.3, -0.25) is 19.3 Å². The van der Waals surface area contributed by atoms with Crippen LogP contribution in [0.5, 0.6) is 11.5 Å². The lowest BCUT2D eigenvalue weighted by atomic mass is 10.1. The van der Waals surface area contributed by atoms with Crippen LogP contribution in [0.1, 0.15) is 37.3 Å². The number of methoxy groups -OCH3 is 2. The standard InChI is InChI=1S/C28H33N5O6S/c1-17(34)18-5-4-6-19(15-18)32-27(36)25-24(29)23(28(40-25)30-9-10-33-11-13-39-14-12-33)26(35)31-20-7-8-21(37-2)22(16-20)38-3/h4-8,15-16,30H,9-14,29H2,1-3H3,(H,31,35)(H,32,36). The minimum absolute atomic E-state index is 0.0528. The maximum atomic E-state index is 13.5. The highest BCUT2D eigenvalue weighted by Gasteiger charge is 2.26. The molecule has 12 heteroatoms. The van der Waals surface area contributed by atoms with Gasteiger partial charge in [-0.05, 0) is 31.2 Å². The number of rotatable bonds is 11. The summed E-state index contributed by atoms with van der Waals surface area (Å²) in [5.41, 5.74) is 8.04. The van der Waals surface area contributed by atoms with E-state index in [-0.39, 0.29) is 21.9 Å². The molecule has 1 saturated heterocycles. The molecule has 3 aromatic rings. The molecule has 0 spiro atoms.